The molecule has 0 bridgehead atoms. The van der Waals surface area contributed by atoms with Gasteiger partial charge in [0.2, 0.25) is 0 Å². The van der Waals surface area contributed by atoms with Gasteiger partial charge in [0.1, 0.15) is 13.7 Å². The maximum atomic E-state index is 5.72. The van der Waals surface area contributed by atoms with Gasteiger partial charge in [-0.2, -0.15) is 0 Å². The third kappa shape index (κ3) is 37.7. The normalized spacial score (nSPS) is 13.1. The standard InChI is InChI=1S/C86H130OSi/c1-21-35-49-79(62-57-73(43-29-9)81(51-37-23-3)64-59-75(45-31-11)83(53-39-25-5)66-61-77(47-33-13)85(55-41-27-7)68-70-86(15,16)87-17)72(42-28-8)56-63-80(50-36-22-2)74(44-30-10)58-65-82(52-38-24-4)76(46-32-12)60-67-84(54-40-26-6)78(48-34-14)69-71-88(18,19)20/h21-55H2,1-20H3/b79-72+,80-74+,81-73+,82-76+,83-75+,84-78+,85-77+. The highest BCUT2D eigenvalue weighted by molar-refractivity contribution is 6.83. The quantitative estimate of drug-likeness (QED) is 0.0449. The zero-order valence-electron chi connectivity index (χ0n) is 61.2. The summed E-state index contributed by atoms with van der Waals surface area (Å²) in [6.45, 7) is 43.0. The number of allylic oxidation sites excluding steroid dienone is 14. The topological polar surface area (TPSA) is 9.23 Å². The third-order valence-electron chi connectivity index (χ3n) is 15.3. The maximum Gasteiger partial charge on any atom is 0.129 e. The molecule has 0 atom stereocenters. The number of unbranched alkanes of at least 4 members (excludes halogenated alkanes) is 7. The van der Waals surface area contributed by atoms with Crippen LogP contribution < -0.4 is 0 Å². The lowest BCUT2D eigenvalue weighted by Crippen LogP contribution is -2.19. The summed E-state index contributed by atoms with van der Waals surface area (Å²) in [7, 11) is 0.192. The Labute approximate surface area is 549 Å². The molecule has 0 aliphatic rings. The van der Waals surface area contributed by atoms with Gasteiger partial charge < -0.3 is 4.74 Å². The van der Waals surface area contributed by atoms with Crippen LogP contribution in [0.2, 0.25) is 19.6 Å². The molecule has 0 aliphatic carbocycles. The summed E-state index contributed by atoms with van der Waals surface area (Å²) >= 11 is 0. The van der Waals surface area contributed by atoms with Crippen LogP contribution in [0.1, 0.15) is 336 Å². The van der Waals surface area contributed by atoms with E-state index in [9.17, 15) is 0 Å². The van der Waals surface area contributed by atoms with Crippen molar-refractivity contribution in [2.24, 2.45) is 0 Å². The number of ether oxygens (including phenoxy) is 1. The SMILES string of the molecule is CCCC/C(C#C/C(CCC)=C(/C#C/C(CCC)=C(/C#C/C(CCC)=C(/C#CC(C)(C)OC)CCCC)CCCC)CCCC)=C(\C#C/C(CCCC)=C(/C#C/C(CCCC)=C(/C#C/C(CCCC)=C(/C#C[Si](C)(C)C)CCC)CCC)CCC)CCC. The fourth-order valence-electron chi connectivity index (χ4n) is 9.71. The second-order valence-corrected chi connectivity index (χ2v) is 30.4. The van der Waals surface area contributed by atoms with Crippen molar-refractivity contribution < 1.29 is 4.74 Å². The van der Waals surface area contributed by atoms with E-state index >= 15 is 0 Å². The van der Waals surface area contributed by atoms with Crippen molar-refractivity contribution in [3.05, 3.63) is 78.0 Å². The molecular formula is C86H130OSi. The molecule has 0 aromatic heterocycles. The largest absolute Gasteiger partial charge is 0.366 e. The van der Waals surface area contributed by atoms with E-state index in [1.807, 2.05) is 13.8 Å². The van der Waals surface area contributed by atoms with Gasteiger partial charge in [0.05, 0.1) is 0 Å². The van der Waals surface area contributed by atoms with Crippen LogP contribution in [0.4, 0.5) is 0 Å². The van der Waals surface area contributed by atoms with Crippen molar-refractivity contribution in [3.63, 3.8) is 0 Å². The zero-order chi connectivity index (χ0) is 65.9. The van der Waals surface area contributed by atoms with Gasteiger partial charge in [-0.3, -0.25) is 0 Å². The summed E-state index contributed by atoms with van der Waals surface area (Å²) in [5.41, 5.74) is 20.0. The summed E-state index contributed by atoms with van der Waals surface area (Å²) in [5.74, 6) is 56.6. The fraction of sp³-hybridized carbons (Fsp3) is 0.651. The summed E-state index contributed by atoms with van der Waals surface area (Å²) < 4.78 is 5.72. The molecule has 0 aromatic carbocycles. The molecule has 0 amide bonds. The summed E-state index contributed by atoms with van der Waals surface area (Å²) in [6, 6.07) is 0. The number of hydrogen-bond acceptors (Lipinski definition) is 1. The van der Waals surface area contributed by atoms with Gasteiger partial charge in [-0.15, -0.1) is 5.54 Å². The van der Waals surface area contributed by atoms with E-state index in [4.69, 9.17) is 4.74 Å². The minimum atomic E-state index is -1.55. The van der Waals surface area contributed by atoms with Crippen LogP contribution in [0.3, 0.4) is 0 Å². The Kier molecular flexibility index (Phi) is 49.5. The molecule has 1 nitrogen and oxygen atoms in total. The van der Waals surface area contributed by atoms with E-state index in [0.29, 0.717) is 0 Å². The molecule has 88 heavy (non-hydrogen) atoms. The Hall–Kier alpha value is -5.16. The average molecular weight is 1210 g/mol. The highest BCUT2D eigenvalue weighted by atomic mass is 28.3. The van der Waals surface area contributed by atoms with Crippen LogP contribution in [-0.2, 0) is 4.74 Å². The zero-order valence-corrected chi connectivity index (χ0v) is 62.2. The molecule has 0 N–H and O–H groups in total. The predicted octanol–water partition coefficient (Wildman–Crippen LogP) is 25.3. The Balaban J connectivity index is 9.02. The second-order valence-electron chi connectivity index (χ2n) is 25.6. The summed E-state index contributed by atoms with van der Waals surface area (Å²) in [5, 5.41) is 0. The van der Waals surface area contributed by atoms with E-state index in [0.717, 1.165) is 225 Å². The van der Waals surface area contributed by atoms with E-state index in [1.165, 1.54) is 78.0 Å². The molecule has 0 rings (SSSR count). The van der Waals surface area contributed by atoms with Crippen LogP contribution in [0.25, 0.3) is 0 Å². The van der Waals surface area contributed by atoms with Crippen molar-refractivity contribution >= 4 is 8.07 Å². The Morgan fingerprint density at radius 2 is 0.398 bits per heavy atom. The summed E-state index contributed by atoms with van der Waals surface area (Å²) in [4.78, 5) is 0. The first kappa shape index (κ1) is 82.8. The van der Waals surface area contributed by atoms with Crippen LogP contribution >= 0.6 is 0 Å². The predicted molar refractivity (Wildman–Crippen MR) is 397 cm³/mol. The molecule has 0 saturated heterocycles. The second kappa shape index (κ2) is 52.6. The first-order valence-electron chi connectivity index (χ1n) is 36.2. The molecule has 0 fully saturated rings. The minimum absolute atomic E-state index is 0.516. The first-order chi connectivity index (χ1) is 42.4. The summed E-state index contributed by atoms with van der Waals surface area (Å²) in [6.07, 6.45) is 35.7. The molecule has 0 aliphatic heterocycles. The van der Waals surface area contributed by atoms with Crippen LogP contribution in [-0.4, -0.2) is 20.8 Å². The average Bonchev–Trinajstić information content (AvgIpc) is 3.72. The highest BCUT2D eigenvalue weighted by Crippen LogP contribution is 2.26. The third-order valence-corrected chi connectivity index (χ3v) is 16.2. The van der Waals surface area contributed by atoms with Crippen LogP contribution in [0, 0.1) is 94.4 Å². The molecule has 0 saturated carbocycles. The van der Waals surface area contributed by atoms with Crippen molar-refractivity contribution in [3.8, 4) is 94.4 Å². The van der Waals surface area contributed by atoms with Crippen LogP contribution in [0.15, 0.2) is 78.0 Å². The molecule has 0 radical (unpaired) electrons. The van der Waals surface area contributed by atoms with Gasteiger partial charge in [0, 0.05) is 85.1 Å². The molecule has 2 heteroatoms. The van der Waals surface area contributed by atoms with Gasteiger partial charge in [-0.1, -0.05) is 295 Å². The fourth-order valence-corrected chi connectivity index (χ4v) is 10.2. The van der Waals surface area contributed by atoms with Crippen molar-refractivity contribution in [1.82, 2.24) is 0 Å². The molecule has 0 heterocycles. The van der Waals surface area contributed by atoms with E-state index in [1.54, 1.807) is 7.11 Å². The molecule has 0 spiro atoms. The number of rotatable bonds is 36. The molecule has 0 unspecified atom stereocenters. The molecule has 0 aromatic rings. The Morgan fingerprint density at radius 3 is 0.545 bits per heavy atom. The van der Waals surface area contributed by atoms with E-state index in [2.05, 4.69) is 211 Å². The first-order valence-corrected chi connectivity index (χ1v) is 39.7. The molecular weight excluding hydrogens is 1080 g/mol. The lowest BCUT2D eigenvalue weighted by atomic mass is 9.94. The van der Waals surface area contributed by atoms with Crippen LogP contribution in [0.5, 0.6) is 0 Å². The van der Waals surface area contributed by atoms with Gasteiger partial charge in [-0.05, 0) is 149 Å². The Morgan fingerprint density at radius 1 is 0.239 bits per heavy atom. The smallest absolute Gasteiger partial charge is 0.129 e. The van der Waals surface area contributed by atoms with Gasteiger partial charge in [0.25, 0.3) is 0 Å². The van der Waals surface area contributed by atoms with E-state index < -0.39 is 13.7 Å². The highest BCUT2D eigenvalue weighted by Gasteiger charge is 2.15. The maximum absolute atomic E-state index is 5.72. The lowest BCUT2D eigenvalue weighted by Gasteiger charge is -2.15. The number of hydrogen-bond donors (Lipinski definition) is 0. The van der Waals surface area contributed by atoms with Gasteiger partial charge >= 0.3 is 0 Å². The van der Waals surface area contributed by atoms with Crippen molar-refractivity contribution in [1.29, 1.82) is 0 Å². The lowest BCUT2D eigenvalue weighted by molar-refractivity contribution is 0.0741. The minimum Gasteiger partial charge on any atom is -0.366 e. The van der Waals surface area contributed by atoms with E-state index in [-0.39, 0.29) is 0 Å². The van der Waals surface area contributed by atoms with Crippen molar-refractivity contribution in [2.45, 2.75) is 361 Å². The number of methoxy groups -OCH3 is 1. The molecule has 484 valence electrons. The van der Waals surface area contributed by atoms with Gasteiger partial charge in [0.15, 0.2) is 0 Å². The van der Waals surface area contributed by atoms with Gasteiger partial charge in [-0.25, -0.2) is 0 Å². The Bertz CT molecular complexity index is 2840. The van der Waals surface area contributed by atoms with Crippen molar-refractivity contribution in [2.75, 3.05) is 7.11 Å². The monoisotopic (exact) mass is 1210 g/mol.